The van der Waals surface area contributed by atoms with Gasteiger partial charge in [-0.15, -0.1) is 0 Å². The predicted molar refractivity (Wildman–Crippen MR) is 66.9 cm³/mol. The third-order valence-electron chi connectivity index (χ3n) is 3.32. The minimum absolute atomic E-state index is 0.408. The Hall–Kier alpha value is -1.32. The lowest BCUT2D eigenvalue weighted by molar-refractivity contribution is 0.629. The number of hydrogen-bond acceptors (Lipinski definition) is 4. The third kappa shape index (κ3) is 1.96. The summed E-state index contributed by atoms with van der Waals surface area (Å²) < 4.78 is 0. The highest BCUT2D eigenvalue weighted by Gasteiger charge is 2.46. The van der Waals surface area contributed by atoms with Crippen molar-refractivity contribution < 1.29 is 0 Å². The quantitative estimate of drug-likeness (QED) is 0.821. The molecule has 1 aromatic rings. The van der Waals surface area contributed by atoms with Crippen LogP contribution in [0.5, 0.6) is 0 Å². The highest BCUT2D eigenvalue weighted by atomic mass is 15.1. The summed E-state index contributed by atoms with van der Waals surface area (Å²) in [6, 6.07) is 0.546. The summed E-state index contributed by atoms with van der Waals surface area (Å²) in [5, 5.41) is 6.60. The van der Waals surface area contributed by atoms with Gasteiger partial charge in [0.2, 0.25) is 0 Å². The molecule has 0 bridgehead atoms. The molecule has 88 valence electrons. The lowest BCUT2D eigenvalue weighted by Gasteiger charge is -2.13. The van der Waals surface area contributed by atoms with Gasteiger partial charge in [-0.05, 0) is 25.7 Å². The van der Waals surface area contributed by atoms with Crippen molar-refractivity contribution in [3.63, 3.8) is 0 Å². The third-order valence-corrected chi connectivity index (χ3v) is 3.32. The van der Waals surface area contributed by atoms with E-state index in [9.17, 15) is 0 Å². The van der Waals surface area contributed by atoms with Crippen LogP contribution in [-0.4, -0.2) is 23.1 Å². The highest BCUT2D eigenvalue weighted by molar-refractivity contribution is 5.58. The molecule has 1 heterocycles. The van der Waals surface area contributed by atoms with E-state index >= 15 is 0 Å². The summed E-state index contributed by atoms with van der Waals surface area (Å²) in [4.78, 5) is 8.82. The normalized spacial score (nSPS) is 21.7. The standard InChI is InChI=1S/C12H20N4/c1-7-10(13-5)14-8(2)15-11(7)16-9-6-12(9,3)4/h9H,6H2,1-5H3,(H2,13,14,15,16). The fourth-order valence-electron chi connectivity index (χ4n) is 1.89. The Morgan fingerprint density at radius 1 is 1.19 bits per heavy atom. The first-order valence-electron chi connectivity index (χ1n) is 5.73. The maximum absolute atomic E-state index is 4.46. The molecule has 0 aromatic carbocycles. The zero-order valence-electron chi connectivity index (χ0n) is 10.7. The van der Waals surface area contributed by atoms with Crippen LogP contribution in [-0.2, 0) is 0 Å². The van der Waals surface area contributed by atoms with Gasteiger partial charge in [-0.2, -0.15) is 0 Å². The Morgan fingerprint density at radius 2 is 1.75 bits per heavy atom. The number of anilines is 2. The number of nitrogens with one attached hydrogen (secondary N) is 2. The Kier molecular flexibility index (Phi) is 2.52. The van der Waals surface area contributed by atoms with Gasteiger partial charge < -0.3 is 10.6 Å². The summed E-state index contributed by atoms with van der Waals surface area (Å²) in [6.07, 6.45) is 1.21. The van der Waals surface area contributed by atoms with E-state index in [2.05, 4.69) is 34.4 Å². The maximum atomic E-state index is 4.46. The van der Waals surface area contributed by atoms with Gasteiger partial charge in [-0.3, -0.25) is 0 Å². The lowest BCUT2D eigenvalue weighted by atomic mass is 10.2. The van der Waals surface area contributed by atoms with Crippen LogP contribution < -0.4 is 10.6 Å². The molecule has 0 radical (unpaired) electrons. The first kappa shape index (κ1) is 11.2. The Morgan fingerprint density at radius 3 is 2.25 bits per heavy atom. The molecule has 1 aliphatic rings. The Bertz CT molecular complexity index is 412. The van der Waals surface area contributed by atoms with Gasteiger partial charge in [0, 0.05) is 18.7 Å². The molecule has 16 heavy (non-hydrogen) atoms. The zero-order valence-corrected chi connectivity index (χ0v) is 10.7. The molecule has 0 saturated heterocycles. The van der Waals surface area contributed by atoms with Gasteiger partial charge in [-0.1, -0.05) is 13.8 Å². The first-order chi connectivity index (χ1) is 7.44. The van der Waals surface area contributed by atoms with Crippen LogP contribution in [0.25, 0.3) is 0 Å². The summed E-state index contributed by atoms with van der Waals surface area (Å²) in [6.45, 7) is 8.51. The fourth-order valence-corrected chi connectivity index (χ4v) is 1.89. The first-order valence-corrected chi connectivity index (χ1v) is 5.73. The molecule has 0 aliphatic heterocycles. The average molecular weight is 220 g/mol. The summed E-state index contributed by atoms with van der Waals surface area (Å²) >= 11 is 0. The molecule has 1 aromatic heterocycles. The molecular weight excluding hydrogens is 200 g/mol. The van der Waals surface area contributed by atoms with Crippen molar-refractivity contribution in [2.24, 2.45) is 5.41 Å². The number of aromatic nitrogens is 2. The van der Waals surface area contributed by atoms with Crippen LogP contribution in [0.1, 0.15) is 31.7 Å². The molecule has 2 rings (SSSR count). The van der Waals surface area contributed by atoms with Gasteiger partial charge in [0.05, 0.1) is 0 Å². The molecule has 1 atom stereocenters. The van der Waals surface area contributed by atoms with Crippen molar-refractivity contribution >= 4 is 11.6 Å². The number of aryl methyl sites for hydroxylation is 1. The molecule has 1 unspecified atom stereocenters. The van der Waals surface area contributed by atoms with Crippen molar-refractivity contribution in [2.75, 3.05) is 17.7 Å². The number of hydrogen-bond donors (Lipinski definition) is 2. The van der Waals surface area contributed by atoms with Crippen LogP contribution in [0.3, 0.4) is 0 Å². The van der Waals surface area contributed by atoms with Gasteiger partial charge in [0.15, 0.2) is 0 Å². The molecule has 1 aliphatic carbocycles. The van der Waals surface area contributed by atoms with Crippen molar-refractivity contribution in [3.8, 4) is 0 Å². The second-order valence-corrected chi connectivity index (χ2v) is 5.23. The van der Waals surface area contributed by atoms with Crippen LogP contribution in [0.15, 0.2) is 0 Å². The van der Waals surface area contributed by atoms with E-state index in [-0.39, 0.29) is 0 Å². The Balaban J connectivity index is 2.24. The van der Waals surface area contributed by atoms with E-state index in [0.29, 0.717) is 11.5 Å². The molecule has 1 fully saturated rings. The smallest absolute Gasteiger partial charge is 0.134 e. The van der Waals surface area contributed by atoms with Crippen molar-refractivity contribution in [1.82, 2.24) is 9.97 Å². The SMILES string of the molecule is CNc1nc(C)nc(NC2CC2(C)C)c1C. The molecule has 0 spiro atoms. The highest BCUT2D eigenvalue weighted by Crippen LogP contribution is 2.46. The molecule has 0 amide bonds. The summed E-state index contributed by atoms with van der Waals surface area (Å²) in [7, 11) is 1.89. The van der Waals surface area contributed by atoms with Crippen LogP contribution in [0, 0.1) is 19.3 Å². The lowest BCUT2D eigenvalue weighted by Crippen LogP contribution is -2.13. The van der Waals surface area contributed by atoms with Gasteiger partial charge in [0.25, 0.3) is 0 Å². The van der Waals surface area contributed by atoms with E-state index < -0.39 is 0 Å². The average Bonchev–Trinajstić information content (AvgIpc) is 2.79. The fraction of sp³-hybridized carbons (Fsp3) is 0.667. The maximum Gasteiger partial charge on any atom is 0.134 e. The molecular formula is C12H20N4. The summed E-state index contributed by atoms with van der Waals surface area (Å²) in [5.41, 5.74) is 1.50. The van der Waals surface area contributed by atoms with E-state index in [1.807, 2.05) is 20.9 Å². The van der Waals surface area contributed by atoms with E-state index in [4.69, 9.17) is 0 Å². The van der Waals surface area contributed by atoms with Gasteiger partial charge >= 0.3 is 0 Å². The molecule has 4 heteroatoms. The topological polar surface area (TPSA) is 49.8 Å². The summed E-state index contributed by atoms with van der Waals surface area (Å²) in [5.74, 6) is 2.68. The Labute approximate surface area is 96.9 Å². The van der Waals surface area contributed by atoms with E-state index in [1.54, 1.807) is 0 Å². The van der Waals surface area contributed by atoms with Crippen molar-refractivity contribution in [1.29, 1.82) is 0 Å². The van der Waals surface area contributed by atoms with Gasteiger partial charge in [0.1, 0.15) is 17.5 Å². The zero-order chi connectivity index (χ0) is 11.9. The molecule has 2 N–H and O–H groups in total. The molecule has 1 saturated carbocycles. The van der Waals surface area contributed by atoms with E-state index in [1.165, 1.54) is 6.42 Å². The second kappa shape index (κ2) is 3.61. The van der Waals surface area contributed by atoms with Crippen LogP contribution in [0.4, 0.5) is 11.6 Å². The van der Waals surface area contributed by atoms with Crippen molar-refractivity contribution in [3.05, 3.63) is 11.4 Å². The van der Waals surface area contributed by atoms with Gasteiger partial charge in [-0.25, -0.2) is 9.97 Å². The predicted octanol–water partition coefficient (Wildman–Crippen LogP) is 2.35. The van der Waals surface area contributed by atoms with Crippen molar-refractivity contribution in [2.45, 2.75) is 40.2 Å². The van der Waals surface area contributed by atoms with Crippen LogP contribution >= 0.6 is 0 Å². The second-order valence-electron chi connectivity index (χ2n) is 5.23. The van der Waals surface area contributed by atoms with E-state index in [0.717, 1.165) is 23.0 Å². The minimum Gasteiger partial charge on any atom is -0.373 e. The largest absolute Gasteiger partial charge is 0.373 e. The molecule has 4 nitrogen and oxygen atoms in total. The number of nitrogens with zero attached hydrogens (tertiary/aromatic N) is 2. The monoisotopic (exact) mass is 220 g/mol. The minimum atomic E-state index is 0.408. The number of rotatable bonds is 3. The van der Waals surface area contributed by atoms with Crippen LogP contribution in [0.2, 0.25) is 0 Å².